The predicted molar refractivity (Wildman–Crippen MR) is 69.5 cm³/mol. The molecule has 0 aliphatic carbocycles. The molecule has 1 heterocycles. The van der Waals surface area contributed by atoms with E-state index in [-0.39, 0.29) is 13.2 Å². The van der Waals surface area contributed by atoms with Crippen molar-refractivity contribution in [3.63, 3.8) is 0 Å². The van der Waals surface area contributed by atoms with Crippen LogP contribution in [0.2, 0.25) is 0 Å². The normalized spacial score (nSPS) is 14.7. The van der Waals surface area contributed by atoms with E-state index in [2.05, 4.69) is 0 Å². The first kappa shape index (κ1) is 17.3. The highest BCUT2D eigenvalue weighted by Gasteiger charge is 2.63. The van der Waals surface area contributed by atoms with Gasteiger partial charge >= 0.3 is 18.0 Å². The van der Waals surface area contributed by atoms with E-state index in [0.717, 1.165) is 0 Å². The van der Waals surface area contributed by atoms with Crippen LogP contribution in [0, 0.1) is 0 Å². The van der Waals surface area contributed by atoms with Crippen molar-refractivity contribution in [3.05, 3.63) is 23.8 Å². The highest BCUT2D eigenvalue weighted by Crippen LogP contribution is 2.36. The van der Waals surface area contributed by atoms with Gasteiger partial charge in [-0.3, -0.25) is 4.79 Å². The second-order valence-electron chi connectivity index (χ2n) is 5.77. The summed E-state index contributed by atoms with van der Waals surface area (Å²) in [7, 11) is 0. The first-order valence-electron chi connectivity index (χ1n) is 6.58. The Balaban J connectivity index is 2.09. The summed E-state index contributed by atoms with van der Waals surface area (Å²) in [5.41, 5.74) is -0.728. The molecular formula is C14H14F5NO3. The Kier molecular flexibility index (Phi) is 4.16. The number of hydrogen-bond acceptors (Lipinski definition) is 3. The molecule has 0 spiro atoms. The summed E-state index contributed by atoms with van der Waals surface area (Å²) in [6.07, 6.45) is -5.91. The number of ether oxygens (including phenoxy) is 2. The van der Waals surface area contributed by atoms with Gasteiger partial charge in [0.1, 0.15) is 0 Å². The monoisotopic (exact) mass is 339 g/mol. The van der Waals surface area contributed by atoms with Gasteiger partial charge in [-0.25, -0.2) is 0 Å². The lowest BCUT2D eigenvalue weighted by Gasteiger charge is -2.29. The van der Waals surface area contributed by atoms with Crippen LogP contribution in [0.4, 0.5) is 22.0 Å². The maximum absolute atomic E-state index is 13.0. The third kappa shape index (κ3) is 3.65. The number of alkyl halides is 5. The molecule has 1 aliphatic rings. The van der Waals surface area contributed by atoms with Crippen LogP contribution in [0.5, 0.6) is 11.5 Å². The summed E-state index contributed by atoms with van der Waals surface area (Å²) in [5.74, 6) is -6.86. The molecule has 0 saturated carbocycles. The molecule has 1 aromatic rings. The van der Waals surface area contributed by atoms with Gasteiger partial charge in [0.15, 0.2) is 11.5 Å². The van der Waals surface area contributed by atoms with Gasteiger partial charge < -0.3 is 14.8 Å². The number of carbonyl (C=O) groups excluding carboxylic acids is 1. The van der Waals surface area contributed by atoms with Gasteiger partial charge in [-0.1, -0.05) is 6.07 Å². The zero-order valence-corrected chi connectivity index (χ0v) is 12.3. The van der Waals surface area contributed by atoms with Crippen molar-refractivity contribution in [2.75, 3.05) is 6.79 Å². The minimum atomic E-state index is -5.94. The van der Waals surface area contributed by atoms with Crippen molar-refractivity contribution in [2.24, 2.45) is 0 Å². The number of rotatable bonds is 4. The lowest BCUT2D eigenvalue weighted by molar-refractivity contribution is -0.270. The Morgan fingerprint density at radius 1 is 1.13 bits per heavy atom. The quantitative estimate of drug-likeness (QED) is 0.858. The topological polar surface area (TPSA) is 47.6 Å². The van der Waals surface area contributed by atoms with Crippen LogP contribution in [0.25, 0.3) is 0 Å². The third-order valence-electron chi connectivity index (χ3n) is 3.18. The second kappa shape index (κ2) is 5.54. The molecule has 0 radical (unpaired) electrons. The summed E-state index contributed by atoms with van der Waals surface area (Å²) in [6.45, 7) is 2.75. The third-order valence-corrected chi connectivity index (χ3v) is 3.18. The number of carbonyl (C=O) groups is 1. The molecule has 1 N–H and O–H groups in total. The van der Waals surface area contributed by atoms with Crippen LogP contribution < -0.4 is 14.8 Å². The van der Waals surface area contributed by atoms with Crippen LogP contribution in [-0.4, -0.2) is 30.3 Å². The Hall–Kier alpha value is -2.06. The van der Waals surface area contributed by atoms with Crippen LogP contribution in [0.15, 0.2) is 18.2 Å². The van der Waals surface area contributed by atoms with Gasteiger partial charge in [0.25, 0.3) is 0 Å². The Labute approximate surface area is 128 Å². The summed E-state index contributed by atoms with van der Waals surface area (Å²) in [5, 5.41) is 1.74. The molecule has 9 heteroatoms. The van der Waals surface area contributed by atoms with Crippen molar-refractivity contribution < 1.29 is 36.2 Å². The van der Waals surface area contributed by atoms with Crippen molar-refractivity contribution in [1.82, 2.24) is 5.32 Å². The van der Waals surface area contributed by atoms with Crippen LogP contribution >= 0.6 is 0 Å². The number of nitrogens with one attached hydrogen (secondary N) is 1. The Morgan fingerprint density at radius 2 is 1.74 bits per heavy atom. The molecule has 0 atom stereocenters. The largest absolute Gasteiger partial charge is 0.463 e. The molecule has 23 heavy (non-hydrogen) atoms. The summed E-state index contributed by atoms with van der Waals surface area (Å²) in [6, 6.07) is 4.79. The number of hydrogen-bond donors (Lipinski definition) is 1. The highest BCUT2D eigenvalue weighted by atomic mass is 19.4. The van der Waals surface area contributed by atoms with E-state index >= 15 is 0 Å². The fraction of sp³-hybridized carbons (Fsp3) is 0.500. The molecule has 0 fully saturated rings. The highest BCUT2D eigenvalue weighted by molar-refractivity contribution is 5.85. The Morgan fingerprint density at radius 3 is 2.35 bits per heavy atom. The molecule has 1 aromatic carbocycles. The first-order valence-corrected chi connectivity index (χ1v) is 6.58. The standard InChI is InChI=1S/C14H14F5NO3/c1-12(2,20-11(21)13(15,16)14(17,18)19)6-8-3-4-9-10(5-8)23-7-22-9/h3-5H,6-7H2,1-2H3,(H,20,21). The zero-order chi connectivity index (χ0) is 17.5. The molecule has 1 amide bonds. The summed E-state index contributed by atoms with van der Waals surface area (Å²) >= 11 is 0. The molecule has 0 aromatic heterocycles. The van der Waals surface area contributed by atoms with E-state index < -0.39 is 23.5 Å². The number of fused-ring (bicyclic) bond motifs is 1. The van der Waals surface area contributed by atoms with Crippen molar-refractivity contribution in [2.45, 2.75) is 37.9 Å². The fourth-order valence-electron chi connectivity index (χ4n) is 2.12. The minimum Gasteiger partial charge on any atom is -0.454 e. The van der Waals surface area contributed by atoms with Crippen LogP contribution in [-0.2, 0) is 11.2 Å². The molecule has 2 rings (SSSR count). The van der Waals surface area contributed by atoms with E-state index in [1.807, 2.05) is 0 Å². The van der Waals surface area contributed by atoms with Gasteiger partial charge in [0.05, 0.1) is 0 Å². The molecule has 0 unspecified atom stereocenters. The molecule has 4 nitrogen and oxygen atoms in total. The van der Waals surface area contributed by atoms with E-state index in [4.69, 9.17) is 9.47 Å². The maximum atomic E-state index is 13.0. The smallest absolute Gasteiger partial charge is 0.454 e. The fourth-order valence-corrected chi connectivity index (χ4v) is 2.12. The van der Waals surface area contributed by atoms with Crippen LogP contribution in [0.3, 0.4) is 0 Å². The molecule has 0 saturated heterocycles. The first-order chi connectivity index (χ1) is 10.4. The Bertz CT molecular complexity index is 613. The van der Waals surface area contributed by atoms with Crippen molar-refractivity contribution >= 4 is 5.91 Å². The second-order valence-corrected chi connectivity index (χ2v) is 5.77. The lowest BCUT2D eigenvalue weighted by Crippen LogP contribution is -2.56. The van der Waals surface area contributed by atoms with E-state index in [1.165, 1.54) is 13.8 Å². The molecular weight excluding hydrogens is 325 g/mol. The van der Waals surface area contributed by atoms with E-state index in [9.17, 15) is 26.7 Å². The average molecular weight is 339 g/mol. The predicted octanol–water partition coefficient (Wildman–Crippen LogP) is 3.05. The number of amides is 1. The van der Waals surface area contributed by atoms with Gasteiger partial charge in [-0.05, 0) is 38.0 Å². The maximum Gasteiger partial charge on any atom is 0.463 e. The van der Waals surface area contributed by atoms with Gasteiger partial charge in [0.2, 0.25) is 6.79 Å². The molecule has 128 valence electrons. The van der Waals surface area contributed by atoms with Crippen LogP contribution in [0.1, 0.15) is 19.4 Å². The average Bonchev–Trinajstić information content (AvgIpc) is 2.83. The molecule has 1 aliphatic heterocycles. The molecule has 0 bridgehead atoms. The van der Waals surface area contributed by atoms with Gasteiger partial charge in [-0.2, -0.15) is 22.0 Å². The van der Waals surface area contributed by atoms with Crippen molar-refractivity contribution in [1.29, 1.82) is 0 Å². The van der Waals surface area contributed by atoms with Gasteiger partial charge in [-0.15, -0.1) is 0 Å². The van der Waals surface area contributed by atoms with Crippen molar-refractivity contribution in [3.8, 4) is 11.5 Å². The number of benzene rings is 1. The summed E-state index contributed by atoms with van der Waals surface area (Å²) in [4.78, 5) is 11.3. The minimum absolute atomic E-state index is 0.0311. The van der Waals surface area contributed by atoms with E-state index in [1.54, 1.807) is 23.5 Å². The zero-order valence-electron chi connectivity index (χ0n) is 12.3. The summed E-state index contributed by atoms with van der Waals surface area (Å²) < 4.78 is 72.9. The SMILES string of the molecule is CC(C)(Cc1ccc2c(c1)OCO2)NC(=O)C(F)(F)C(F)(F)F. The van der Waals surface area contributed by atoms with Gasteiger partial charge in [0, 0.05) is 5.54 Å². The lowest BCUT2D eigenvalue weighted by atomic mass is 9.94. The number of halogens is 5. The van der Waals surface area contributed by atoms with E-state index in [0.29, 0.717) is 17.1 Å².